The van der Waals surface area contributed by atoms with Crippen LogP contribution in [0.5, 0.6) is 0 Å². The second-order valence-corrected chi connectivity index (χ2v) is 13.3. The molecule has 2 saturated carbocycles. The van der Waals surface area contributed by atoms with Crippen molar-refractivity contribution in [1.82, 2.24) is 0 Å². The van der Waals surface area contributed by atoms with Crippen LogP contribution < -0.4 is 0 Å². The number of fused-ring (bicyclic) bond motifs is 4. The van der Waals surface area contributed by atoms with Crippen molar-refractivity contribution in [2.45, 2.75) is 97.2 Å². The van der Waals surface area contributed by atoms with Gasteiger partial charge < -0.3 is 28.5 Å². The van der Waals surface area contributed by atoms with Crippen LogP contribution in [-0.4, -0.2) is 61.3 Å². The zero-order chi connectivity index (χ0) is 28.8. The van der Waals surface area contributed by atoms with Crippen LogP contribution in [0.3, 0.4) is 0 Å². The van der Waals surface area contributed by atoms with Crippen LogP contribution in [0.2, 0.25) is 0 Å². The SMILES string of the molecule is C/C=C(\C)C(=O)O[C@H]1C[C@H](O)[C@@]2(C)CO[C@H]3[C@H]4O[C@@H]5C[C@@H](c6ccoc6)C(C)=C5[C@@]4(C)[C@H](CC(=O)OC)[C@]1(C)[C@@H]32. The van der Waals surface area contributed by atoms with Gasteiger partial charge in [-0.25, -0.2) is 4.79 Å². The van der Waals surface area contributed by atoms with Gasteiger partial charge in [0.25, 0.3) is 0 Å². The quantitative estimate of drug-likeness (QED) is 0.317. The summed E-state index contributed by atoms with van der Waals surface area (Å²) in [5, 5.41) is 11.5. The Kier molecular flexibility index (Phi) is 6.45. The molecule has 0 spiro atoms. The van der Waals surface area contributed by atoms with Gasteiger partial charge in [0, 0.05) is 46.5 Å². The van der Waals surface area contributed by atoms with Crippen LogP contribution in [0.25, 0.3) is 0 Å². The van der Waals surface area contributed by atoms with E-state index in [0.29, 0.717) is 12.2 Å². The van der Waals surface area contributed by atoms with Gasteiger partial charge in [0.1, 0.15) is 6.10 Å². The molecule has 4 fully saturated rings. The second-order valence-electron chi connectivity index (χ2n) is 13.3. The topological polar surface area (TPSA) is 104 Å². The third-order valence-corrected chi connectivity index (χ3v) is 11.7. The Morgan fingerprint density at radius 1 is 1.23 bits per heavy atom. The Bertz CT molecular complexity index is 1260. The zero-order valence-corrected chi connectivity index (χ0v) is 24.6. The van der Waals surface area contributed by atoms with Crippen molar-refractivity contribution in [2.24, 2.45) is 28.1 Å². The predicted octanol–water partition coefficient (Wildman–Crippen LogP) is 4.72. The number of furan rings is 1. The number of aliphatic hydroxyl groups excluding tert-OH is 1. The number of methoxy groups -OCH3 is 1. The first-order valence-electron chi connectivity index (χ1n) is 14.5. The predicted molar refractivity (Wildman–Crippen MR) is 145 cm³/mol. The highest BCUT2D eigenvalue weighted by Gasteiger charge is 2.78. The van der Waals surface area contributed by atoms with E-state index in [0.717, 1.165) is 12.0 Å². The van der Waals surface area contributed by atoms with Crippen LogP contribution in [0, 0.1) is 28.1 Å². The van der Waals surface area contributed by atoms with E-state index >= 15 is 0 Å². The number of rotatable bonds is 5. The van der Waals surface area contributed by atoms with Crippen molar-refractivity contribution in [3.63, 3.8) is 0 Å². The maximum absolute atomic E-state index is 13.2. The largest absolute Gasteiger partial charge is 0.472 e. The summed E-state index contributed by atoms with van der Waals surface area (Å²) in [4.78, 5) is 26.4. The summed E-state index contributed by atoms with van der Waals surface area (Å²) in [5.41, 5.74) is 2.24. The molecule has 1 aromatic rings. The highest BCUT2D eigenvalue weighted by molar-refractivity contribution is 5.87. The molecule has 1 N–H and O–H groups in total. The van der Waals surface area contributed by atoms with Gasteiger partial charge in [-0.3, -0.25) is 4.79 Å². The van der Waals surface area contributed by atoms with Gasteiger partial charge in [-0.2, -0.15) is 0 Å². The van der Waals surface area contributed by atoms with Gasteiger partial charge >= 0.3 is 11.9 Å². The summed E-state index contributed by atoms with van der Waals surface area (Å²) in [7, 11) is 1.42. The van der Waals surface area contributed by atoms with E-state index in [1.54, 1.807) is 32.4 Å². The molecule has 8 heteroatoms. The van der Waals surface area contributed by atoms with Gasteiger partial charge in [-0.1, -0.05) is 32.4 Å². The van der Waals surface area contributed by atoms with Crippen LogP contribution in [-0.2, 0) is 28.5 Å². The highest BCUT2D eigenvalue weighted by Crippen LogP contribution is 2.73. The summed E-state index contributed by atoms with van der Waals surface area (Å²) in [6.45, 7) is 12.5. The molecule has 0 radical (unpaired) electrons. The Morgan fingerprint density at radius 3 is 2.62 bits per heavy atom. The average molecular weight is 555 g/mol. The number of allylic oxidation sites excluding steroid dienone is 2. The molecule has 0 amide bonds. The standard InChI is InChI=1S/C32H42O8/c1-8-16(2)29(35)40-23-13-22(33)30(4)15-38-26-27(30)31(23,5)21(12-24(34)36-7)32(6)25-17(3)19(18-9-10-37-14-18)11-20(25)39-28(26)32/h8-10,14,19-23,26-28,33H,11-13,15H2,1-7H3/b16-8+/t19-,20-,21-,22+,23+,26-,27+,28-,30-,31+,32-/m1/s1. The molecule has 2 saturated heterocycles. The lowest BCUT2D eigenvalue weighted by Crippen LogP contribution is -2.70. The lowest BCUT2D eigenvalue weighted by molar-refractivity contribution is -0.248. The monoisotopic (exact) mass is 554 g/mol. The van der Waals surface area contributed by atoms with Crippen LogP contribution in [0.15, 0.2) is 45.8 Å². The Balaban J connectivity index is 1.54. The molecule has 11 atom stereocenters. The molecule has 8 nitrogen and oxygen atoms in total. The summed E-state index contributed by atoms with van der Waals surface area (Å²) in [5.74, 6) is -1.02. The number of esters is 2. The molecule has 1 aromatic heterocycles. The molecule has 5 aliphatic rings. The molecule has 3 heterocycles. The first-order chi connectivity index (χ1) is 18.9. The van der Waals surface area contributed by atoms with E-state index in [-0.39, 0.29) is 54.9 Å². The molecular formula is C32H42O8. The summed E-state index contributed by atoms with van der Waals surface area (Å²) < 4.78 is 30.5. The molecule has 218 valence electrons. The van der Waals surface area contributed by atoms with E-state index in [9.17, 15) is 14.7 Å². The third-order valence-electron chi connectivity index (χ3n) is 11.7. The van der Waals surface area contributed by atoms with Crippen molar-refractivity contribution in [3.8, 4) is 0 Å². The fraction of sp³-hybridized carbons (Fsp3) is 0.688. The number of carbonyl (C=O) groups excluding carboxylic acids is 2. The Hall–Kier alpha value is -2.42. The summed E-state index contributed by atoms with van der Waals surface area (Å²) in [6, 6.07) is 2.01. The average Bonchev–Trinajstić information content (AvgIpc) is 3.70. The van der Waals surface area contributed by atoms with Crippen LogP contribution in [0.4, 0.5) is 0 Å². The third kappa shape index (κ3) is 3.48. The van der Waals surface area contributed by atoms with E-state index in [1.807, 2.05) is 6.07 Å². The molecule has 6 rings (SSSR count). The van der Waals surface area contributed by atoms with Gasteiger partial charge in [-0.15, -0.1) is 0 Å². The minimum atomic E-state index is -0.727. The smallest absolute Gasteiger partial charge is 0.333 e. The lowest BCUT2D eigenvalue weighted by atomic mass is 9.40. The van der Waals surface area contributed by atoms with Gasteiger partial charge in [0.05, 0.1) is 50.7 Å². The number of ether oxygens (including phenoxy) is 4. The molecule has 3 aliphatic carbocycles. The Morgan fingerprint density at radius 2 is 1.98 bits per heavy atom. The number of carbonyl (C=O) groups is 2. The first-order valence-corrected chi connectivity index (χ1v) is 14.5. The molecule has 2 aliphatic heterocycles. The van der Waals surface area contributed by atoms with Crippen molar-refractivity contribution in [2.75, 3.05) is 13.7 Å². The summed E-state index contributed by atoms with van der Waals surface area (Å²) >= 11 is 0. The van der Waals surface area contributed by atoms with Crippen molar-refractivity contribution >= 4 is 11.9 Å². The zero-order valence-electron chi connectivity index (χ0n) is 24.6. The van der Waals surface area contributed by atoms with Crippen molar-refractivity contribution < 1.29 is 38.1 Å². The molecule has 0 unspecified atom stereocenters. The van der Waals surface area contributed by atoms with Crippen LogP contribution in [0.1, 0.15) is 72.3 Å². The van der Waals surface area contributed by atoms with E-state index in [1.165, 1.54) is 18.3 Å². The van der Waals surface area contributed by atoms with E-state index in [2.05, 4.69) is 27.7 Å². The maximum Gasteiger partial charge on any atom is 0.333 e. The number of hydrogen-bond donors (Lipinski definition) is 1. The fourth-order valence-electron chi connectivity index (χ4n) is 9.66. The summed E-state index contributed by atoms with van der Waals surface area (Å²) in [6.07, 6.45) is 4.37. The van der Waals surface area contributed by atoms with Gasteiger partial charge in [0.15, 0.2) is 0 Å². The minimum absolute atomic E-state index is 0.120. The van der Waals surface area contributed by atoms with Crippen molar-refractivity contribution in [3.05, 3.63) is 47.0 Å². The normalized spacial score (nSPS) is 45.6. The number of hydrogen-bond acceptors (Lipinski definition) is 8. The minimum Gasteiger partial charge on any atom is -0.472 e. The second kappa shape index (κ2) is 9.30. The molecule has 0 bridgehead atoms. The lowest BCUT2D eigenvalue weighted by Gasteiger charge is -2.65. The molecular weight excluding hydrogens is 512 g/mol. The fourth-order valence-corrected chi connectivity index (χ4v) is 9.66. The molecule has 0 aromatic carbocycles. The van der Waals surface area contributed by atoms with Crippen molar-refractivity contribution in [1.29, 1.82) is 0 Å². The highest BCUT2D eigenvalue weighted by atomic mass is 16.6. The first kappa shape index (κ1) is 27.7. The van der Waals surface area contributed by atoms with E-state index < -0.39 is 34.4 Å². The van der Waals surface area contributed by atoms with Gasteiger partial charge in [0.2, 0.25) is 0 Å². The van der Waals surface area contributed by atoms with Crippen LogP contribution >= 0.6 is 0 Å². The van der Waals surface area contributed by atoms with Gasteiger partial charge in [-0.05, 0) is 50.3 Å². The Labute approximate surface area is 236 Å². The molecule has 40 heavy (non-hydrogen) atoms. The maximum atomic E-state index is 13.2. The number of aliphatic hydroxyl groups is 1. The van der Waals surface area contributed by atoms with E-state index in [4.69, 9.17) is 23.4 Å².